The molecule has 0 aliphatic carbocycles. The standard InChI is InChI=1S/C19H12Cl3FN2O/c20-14-6-3-11(8-16(14)22)10-25-19(26)13-5-4-12(9-17(13)23)18-15(21)2-1-7-24-18/h1-9H,10H2,(H,25,26). The van der Waals surface area contributed by atoms with Crippen LogP contribution >= 0.6 is 34.8 Å². The average molecular weight is 410 g/mol. The number of pyridine rings is 1. The van der Waals surface area contributed by atoms with Crippen molar-refractivity contribution in [3.05, 3.63) is 86.7 Å². The van der Waals surface area contributed by atoms with Crippen molar-refractivity contribution in [1.29, 1.82) is 0 Å². The minimum absolute atomic E-state index is 0.0686. The van der Waals surface area contributed by atoms with Crippen molar-refractivity contribution in [3.63, 3.8) is 0 Å². The highest BCUT2D eigenvalue weighted by Gasteiger charge is 2.14. The second-order valence-corrected chi connectivity index (χ2v) is 6.68. The van der Waals surface area contributed by atoms with Crippen LogP contribution < -0.4 is 5.32 Å². The van der Waals surface area contributed by atoms with E-state index in [-0.39, 0.29) is 12.1 Å². The molecule has 0 bridgehead atoms. The minimum Gasteiger partial charge on any atom is -0.348 e. The summed E-state index contributed by atoms with van der Waals surface area (Å²) in [4.78, 5) is 16.4. The quantitative estimate of drug-likeness (QED) is 0.593. The topological polar surface area (TPSA) is 42.0 Å². The molecule has 3 nitrogen and oxygen atoms in total. The molecule has 7 heteroatoms. The summed E-state index contributed by atoms with van der Waals surface area (Å²) >= 11 is 17.9. The Hall–Kier alpha value is -2.14. The predicted octanol–water partition coefficient (Wildman–Crippen LogP) is 5.78. The van der Waals surface area contributed by atoms with Crippen molar-refractivity contribution in [3.8, 4) is 11.3 Å². The van der Waals surface area contributed by atoms with Crippen LogP contribution in [0.5, 0.6) is 0 Å². The third-order valence-corrected chi connectivity index (χ3v) is 4.73. The molecule has 0 saturated carbocycles. The van der Waals surface area contributed by atoms with E-state index in [1.807, 2.05) is 0 Å². The zero-order valence-electron chi connectivity index (χ0n) is 13.3. The monoisotopic (exact) mass is 408 g/mol. The van der Waals surface area contributed by atoms with Crippen LogP contribution in [0.25, 0.3) is 11.3 Å². The van der Waals surface area contributed by atoms with Gasteiger partial charge in [-0.3, -0.25) is 9.78 Å². The van der Waals surface area contributed by atoms with Gasteiger partial charge in [0.15, 0.2) is 0 Å². The fraction of sp³-hybridized carbons (Fsp3) is 0.0526. The van der Waals surface area contributed by atoms with Crippen LogP contribution in [0.1, 0.15) is 15.9 Å². The number of hydrogen-bond acceptors (Lipinski definition) is 2. The van der Waals surface area contributed by atoms with E-state index in [1.54, 1.807) is 42.6 Å². The number of carbonyl (C=O) groups excluding carboxylic acids is 1. The van der Waals surface area contributed by atoms with Crippen LogP contribution in [-0.2, 0) is 6.54 Å². The molecule has 0 fully saturated rings. The van der Waals surface area contributed by atoms with E-state index >= 15 is 0 Å². The van der Waals surface area contributed by atoms with E-state index in [1.165, 1.54) is 12.1 Å². The predicted molar refractivity (Wildman–Crippen MR) is 102 cm³/mol. The first kappa shape index (κ1) is 18.6. The summed E-state index contributed by atoms with van der Waals surface area (Å²) in [7, 11) is 0. The molecule has 3 aromatic rings. The van der Waals surface area contributed by atoms with E-state index in [9.17, 15) is 9.18 Å². The molecule has 0 unspecified atom stereocenters. The van der Waals surface area contributed by atoms with Gasteiger partial charge >= 0.3 is 0 Å². The molecule has 0 atom stereocenters. The molecule has 26 heavy (non-hydrogen) atoms. The molecule has 0 spiro atoms. The summed E-state index contributed by atoms with van der Waals surface area (Å²) in [6.45, 7) is 0.197. The fourth-order valence-corrected chi connectivity index (χ4v) is 2.92. The molecule has 1 N–H and O–H groups in total. The van der Waals surface area contributed by atoms with Gasteiger partial charge in [-0.05, 0) is 42.0 Å². The Morgan fingerprint density at radius 1 is 1.00 bits per heavy atom. The van der Waals surface area contributed by atoms with Gasteiger partial charge in [-0.25, -0.2) is 4.39 Å². The lowest BCUT2D eigenvalue weighted by Crippen LogP contribution is -2.23. The van der Waals surface area contributed by atoms with Crippen LogP contribution in [0.3, 0.4) is 0 Å². The summed E-state index contributed by atoms with van der Waals surface area (Å²) in [5.41, 5.74) is 1.64. The zero-order valence-corrected chi connectivity index (χ0v) is 15.5. The summed E-state index contributed by atoms with van der Waals surface area (Å²) in [5.74, 6) is -1.19. The summed E-state index contributed by atoms with van der Waals surface area (Å²) in [6, 6.07) is 12.6. The van der Waals surface area contributed by atoms with Crippen molar-refractivity contribution < 1.29 is 9.18 Å². The maximum atomic E-state index is 14.4. The molecule has 0 aliphatic rings. The van der Waals surface area contributed by atoms with Crippen LogP contribution in [0.15, 0.2) is 54.7 Å². The van der Waals surface area contributed by atoms with Crippen LogP contribution in [0.2, 0.25) is 15.1 Å². The number of aromatic nitrogens is 1. The summed E-state index contributed by atoms with van der Waals surface area (Å²) in [5, 5.41) is 3.87. The SMILES string of the molecule is O=C(NCc1ccc(Cl)c(Cl)c1)c1ccc(-c2ncccc2Cl)cc1F. The Kier molecular flexibility index (Phi) is 5.77. The number of rotatable bonds is 4. The molecule has 3 rings (SSSR count). The van der Waals surface area contributed by atoms with Gasteiger partial charge in [0.2, 0.25) is 0 Å². The minimum atomic E-state index is -0.657. The van der Waals surface area contributed by atoms with E-state index in [0.717, 1.165) is 5.56 Å². The molecule has 132 valence electrons. The highest BCUT2D eigenvalue weighted by Crippen LogP contribution is 2.27. The van der Waals surface area contributed by atoms with Crippen LogP contribution in [0, 0.1) is 5.82 Å². The summed E-state index contributed by atoms with van der Waals surface area (Å²) < 4.78 is 14.4. The number of benzene rings is 2. The largest absolute Gasteiger partial charge is 0.348 e. The molecule has 1 aromatic heterocycles. The van der Waals surface area contributed by atoms with E-state index in [4.69, 9.17) is 34.8 Å². The average Bonchev–Trinajstić information content (AvgIpc) is 2.63. The number of hydrogen-bond donors (Lipinski definition) is 1. The number of nitrogens with zero attached hydrogens (tertiary/aromatic N) is 1. The zero-order chi connectivity index (χ0) is 18.7. The van der Waals surface area contributed by atoms with Gasteiger partial charge in [-0.2, -0.15) is 0 Å². The first-order chi connectivity index (χ1) is 12.5. The van der Waals surface area contributed by atoms with E-state index in [2.05, 4.69) is 10.3 Å². The number of carbonyl (C=O) groups is 1. The smallest absolute Gasteiger partial charge is 0.254 e. The van der Waals surface area contributed by atoms with Gasteiger partial charge < -0.3 is 5.32 Å². The molecule has 1 amide bonds. The Labute approximate surface area is 164 Å². The Morgan fingerprint density at radius 3 is 2.50 bits per heavy atom. The normalized spacial score (nSPS) is 10.6. The van der Waals surface area contributed by atoms with E-state index < -0.39 is 11.7 Å². The van der Waals surface area contributed by atoms with Crippen LogP contribution in [0.4, 0.5) is 4.39 Å². The second kappa shape index (κ2) is 8.04. The number of amides is 1. The molecule has 2 aromatic carbocycles. The summed E-state index contributed by atoms with van der Waals surface area (Å²) in [6.07, 6.45) is 1.57. The first-order valence-electron chi connectivity index (χ1n) is 7.58. The van der Waals surface area contributed by atoms with Crippen molar-refractivity contribution >= 4 is 40.7 Å². The third kappa shape index (κ3) is 4.15. The maximum absolute atomic E-state index is 14.4. The lowest BCUT2D eigenvalue weighted by atomic mass is 10.1. The Balaban J connectivity index is 1.75. The Morgan fingerprint density at radius 2 is 1.81 bits per heavy atom. The fourth-order valence-electron chi connectivity index (χ4n) is 2.37. The Bertz CT molecular complexity index is 979. The molecular formula is C19H12Cl3FN2O. The van der Waals surface area contributed by atoms with Crippen molar-refractivity contribution in [2.45, 2.75) is 6.54 Å². The van der Waals surface area contributed by atoms with Crippen molar-refractivity contribution in [2.24, 2.45) is 0 Å². The molecule has 0 radical (unpaired) electrons. The van der Waals surface area contributed by atoms with Gasteiger partial charge in [0.25, 0.3) is 5.91 Å². The van der Waals surface area contributed by atoms with Gasteiger partial charge in [-0.15, -0.1) is 0 Å². The van der Waals surface area contributed by atoms with Crippen molar-refractivity contribution in [1.82, 2.24) is 10.3 Å². The van der Waals surface area contributed by atoms with Gasteiger partial charge in [-0.1, -0.05) is 46.9 Å². The van der Waals surface area contributed by atoms with Gasteiger partial charge in [0.1, 0.15) is 5.82 Å². The maximum Gasteiger partial charge on any atom is 0.254 e. The first-order valence-corrected chi connectivity index (χ1v) is 8.71. The lowest BCUT2D eigenvalue weighted by molar-refractivity contribution is 0.0947. The molecular weight excluding hydrogens is 398 g/mol. The molecule has 1 heterocycles. The molecule has 0 saturated heterocycles. The van der Waals surface area contributed by atoms with Gasteiger partial charge in [0, 0.05) is 18.3 Å². The number of halogens is 4. The van der Waals surface area contributed by atoms with E-state index in [0.29, 0.717) is 26.3 Å². The lowest BCUT2D eigenvalue weighted by Gasteiger charge is -2.09. The highest BCUT2D eigenvalue weighted by molar-refractivity contribution is 6.42. The van der Waals surface area contributed by atoms with Gasteiger partial charge in [0.05, 0.1) is 26.3 Å². The second-order valence-electron chi connectivity index (χ2n) is 5.46. The number of nitrogens with one attached hydrogen (secondary N) is 1. The molecule has 0 aliphatic heterocycles. The third-order valence-electron chi connectivity index (χ3n) is 3.68. The highest BCUT2D eigenvalue weighted by atomic mass is 35.5. The van der Waals surface area contributed by atoms with Crippen molar-refractivity contribution in [2.75, 3.05) is 0 Å². The van der Waals surface area contributed by atoms with Crippen LogP contribution in [-0.4, -0.2) is 10.9 Å².